The Bertz CT molecular complexity index is 302. The van der Waals surface area contributed by atoms with Crippen LogP contribution in [0.4, 0.5) is 0 Å². The van der Waals surface area contributed by atoms with Crippen molar-refractivity contribution >= 4 is 5.97 Å². The molecule has 20 heavy (non-hydrogen) atoms. The molecule has 2 N–H and O–H groups in total. The number of carbonyl (C=O) groups is 1. The normalized spacial score (nSPS) is 22.2. The molecule has 0 saturated carbocycles. The Morgan fingerprint density at radius 2 is 1.80 bits per heavy atom. The molecule has 0 aromatic carbocycles. The van der Waals surface area contributed by atoms with E-state index in [1.54, 1.807) is 6.92 Å². The number of hydrogen-bond donors (Lipinski definition) is 1. The molecule has 0 aromatic rings. The van der Waals surface area contributed by atoms with Crippen molar-refractivity contribution in [2.24, 2.45) is 11.1 Å². The lowest BCUT2D eigenvalue weighted by Gasteiger charge is -2.41. The molecule has 0 aromatic heterocycles. The lowest BCUT2D eigenvalue weighted by Crippen LogP contribution is -2.49. The van der Waals surface area contributed by atoms with Crippen LogP contribution in [0.5, 0.6) is 0 Å². The molecule has 118 valence electrons. The van der Waals surface area contributed by atoms with E-state index in [-0.39, 0.29) is 5.97 Å². The van der Waals surface area contributed by atoms with Gasteiger partial charge < -0.3 is 15.4 Å². The van der Waals surface area contributed by atoms with Crippen molar-refractivity contribution in [2.75, 3.05) is 26.2 Å². The van der Waals surface area contributed by atoms with Gasteiger partial charge in [0.1, 0.15) is 5.54 Å². The van der Waals surface area contributed by atoms with Crippen molar-refractivity contribution in [3.05, 3.63) is 0 Å². The molecule has 1 saturated heterocycles. The van der Waals surface area contributed by atoms with Crippen molar-refractivity contribution in [3.63, 3.8) is 0 Å². The summed E-state index contributed by atoms with van der Waals surface area (Å²) in [4.78, 5) is 14.2. The second-order valence-electron chi connectivity index (χ2n) is 6.44. The number of carbonyl (C=O) groups excluding carboxylic acids is 1. The topological polar surface area (TPSA) is 55.6 Å². The SMILES string of the molecule is CCOC(=O)C(C)(N)CCN1CCC(CC)(CC)CC1. The van der Waals surface area contributed by atoms with Gasteiger partial charge in [-0.15, -0.1) is 0 Å². The lowest BCUT2D eigenvalue weighted by molar-refractivity contribution is -0.149. The zero-order valence-electron chi connectivity index (χ0n) is 13.7. The first-order chi connectivity index (χ1) is 9.39. The fourth-order valence-electron chi connectivity index (χ4n) is 3.00. The largest absolute Gasteiger partial charge is 0.465 e. The summed E-state index contributed by atoms with van der Waals surface area (Å²) < 4.78 is 5.03. The van der Waals surface area contributed by atoms with E-state index in [1.807, 2.05) is 6.92 Å². The molecule has 1 aliphatic rings. The van der Waals surface area contributed by atoms with Crippen molar-refractivity contribution in [2.45, 2.75) is 65.3 Å². The monoisotopic (exact) mass is 284 g/mol. The van der Waals surface area contributed by atoms with Gasteiger partial charge in [-0.3, -0.25) is 4.79 Å². The van der Waals surface area contributed by atoms with Crippen LogP contribution in [0.25, 0.3) is 0 Å². The van der Waals surface area contributed by atoms with E-state index < -0.39 is 5.54 Å². The van der Waals surface area contributed by atoms with Crippen LogP contribution in [-0.2, 0) is 9.53 Å². The second kappa shape index (κ2) is 7.41. The van der Waals surface area contributed by atoms with Gasteiger partial charge in [-0.1, -0.05) is 26.7 Å². The van der Waals surface area contributed by atoms with E-state index in [0.29, 0.717) is 18.4 Å². The summed E-state index contributed by atoms with van der Waals surface area (Å²) in [5.41, 5.74) is 5.75. The standard InChI is InChI=1S/C16H32N2O2/c1-5-16(6-2)9-12-18(13-10-16)11-8-15(4,17)14(19)20-7-3/h5-13,17H2,1-4H3. The zero-order chi connectivity index (χ0) is 15.2. The van der Waals surface area contributed by atoms with Gasteiger partial charge in [-0.2, -0.15) is 0 Å². The van der Waals surface area contributed by atoms with Gasteiger partial charge in [0.25, 0.3) is 0 Å². The number of hydrogen-bond acceptors (Lipinski definition) is 4. The highest BCUT2D eigenvalue weighted by molar-refractivity contribution is 5.79. The van der Waals surface area contributed by atoms with Gasteiger partial charge in [0.2, 0.25) is 0 Å². The van der Waals surface area contributed by atoms with Crippen LogP contribution in [0.1, 0.15) is 59.8 Å². The maximum absolute atomic E-state index is 11.8. The van der Waals surface area contributed by atoms with Gasteiger partial charge in [0.15, 0.2) is 0 Å². The third-order valence-corrected chi connectivity index (χ3v) is 5.11. The molecular weight excluding hydrogens is 252 g/mol. The van der Waals surface area contributed by atoms with Crippen LogP contribution < -0.4 is 5.73 Å². The van der Waals surface area contributed by atoms with Crippen LogP contribution in [0.2, 0.25) is 0 Å². The highest BCUT2D eigenvalue weighted by atomic mass is 16.5. The number of ether oxygens (including phenoxy) is 1. The molecule has 1 fully saturated rings. The Balaban J connectivity index is 2.39. The predicted octanol–water partition coefficient (Wildman–Crippen LogP) is 2.56. The highest BCUT2D eigenvalue weighted by Gasteiger charge is 2.34. The minimum absolute atomic E-state index is 0.284. The minimum Gasteiger partial charge on any atom is -0.465 e. The maximum Gasteiger partial charge on any atom is 0.325 e. The van der Waals surface area contributed by atoms with E-state index >= 15 is 0 Å². The molecule has 0 amide bonds. The summed E-state index contributed by atoms with van der Waals surface area (Å²) in [6.07, 6.45) is 5.74. The average molecular weight is 284 g/mol. The summed E-state index contributed by atoms with van der Waals surface area (Å²) in [6, 6.07) is 0. The number of nitrogens with two attached hydrogens (primary N) is 1. The molecule has 0 aliphatic carbocycles. The predicted molar refractivity (Wildman–Crippen MR) is 82.5 cm³/mol. The van der Waals surface area contributed by atoms with Crippen LogP contribution in [-0.4, -0.2) is 42.6 Å². The molecule has 1 atom stereocenters. The zero-order valence-corrected chi connectivity index (χ0v) is 13.7. The Labute approximate surface area is 124 Å². The van der Waals surface area contributed by atoms with E-state index in [0.717, 1.165) is 19.6 Å². The molecule has 1 aliphatic heterocycles. The van der Waals surface area contributed by atoms with Gasteiger partial charge in [0, 0.05) is 6.54 Å². The van der Waals surface area contributed by atoms with Crippen LogP contribution >= 0.6 is 0 Å². The van der Waals surface area contributed by atoms with Crippen LogP contribution in [0.3, 0.4) is 0 Å². The van der Waals surface area contributed by atoms with Gasteiger partial charge in [-0.25, -0.2) is 0 Å². The molecular formula is C16H32N2O2. The quantitative estimate of drug-likeness (QED) is 0.730. The molecule has 1 rings (SSSR count). The third kappa shape index (κ3) is 4.45. The molecule has 1 heterocycles. The Morgan fingerprint density at radius 1 is 1.25 bits per heavy atom. The summed E-state index contributed by atoms with van der Waals surface area (Å²) in [5, 5.41) is 0. The van der Waals surface area contributed by atoms with Crippen molar-refractivity contribution in [1.82, 2.24) is 4.90 Å². The number of piperidine rings is 1. The Morgan fingerprint density at radius 3 is 2.25 bits per heavy atom. The van der Waals surface area contributed by atoms with E-state index in [9.17, 15) is 4.79 Å². The van der Waals surface area contributed by atoms with E-state index in [2.05, 4.69) is 18.7 Å². The Kier molecular flexibility index (Phi) is 6.46. The molecule has 1 unspecified atom stereocenters. The van der Waals surface area contributed by atoms with Gasteiger partial charge >= 0.3 is 5.97 Å². The molecule has 0 spiro atoms. The number of nitrogens with zero attached hydrogens (tertiary/aromatic N) is 1. The van der Waals surface area contributed by atoms with Gasteiger partial charge in [-0.05, 0) is 51.6 Å². The molecule has 4 heteroatoms. The number of likely N-dealkylation sites (tertiary alicyclic amines) is 1. The van der Waals surface area contributed by atoms with Crippen molar-refractivity contribution in [3.8, 4) is 0 Å². The van der Waals surface area contributed by atoms with E-state index in [1.165, 1.54) is 25.7 Å². The highest BCUT2D eigenvalue weighted by Crippen LogP contribution is 2.37. The minimum atomic E-state index is -0.861. The van der Waals surface area contributed by atoms with Crippen LogP contribution in [0, 0.1) is 5.41 Å². The maximum atomic E-state index is 11.8. The second-order valence-corrected chi connectivity index (χ2v) is 6.44. The fourth-order valence-corrected chi connectivity index (χ4v) is 3.00. The average Bonchev–Trinajstić information content (AvgIpc) is 2.46. The summed E-state index contributed by atoms with van der Waals surface area (Å²) in [6.45, 7) is 11.7. The molecule has 0 radical (unpaired) electrons. The van der Waals surface area contributed by atoms with E-state index in [4.69, 9.17) is 10.5 Å². The lowest BCUT2D eigenvalue weighted by atomic mass is 9.74. The van der Waals surface area contributed by atoms with Crippen molar-refractivity contribution < 1.29 is 9.53 Å². The van der Waals surface area contributed by atoms with Crippen LogP contribution in [0.15, 0.2) is 0 Å². The molecule has 4 nitrogen and oxygen atoms in total. The summed E-state index contributed by atoms with van der Waals surface area (Å²) >= 11 is 0. The number of esters is 1. The first-order valence-electron chi connectivity index (χ1n) is 8.07. The summed E-state index contributed by atoms with van der Waals surface area (Å²) in [7, 11) is 0. The fraction of sp³-hybridized carbons (Fsp3) is 0.938. The molecule has 0 bridgehead atoms. The number of rotatable bonds is 7. The Hall–Kier alpha value is -0.610. The van der Waals surface area contributed by atoms with Crippen molar-refractivity contribution in [1.29, 1.82) is 0 Å². The first-order valence-corrected chi connectivity index (χ1v) is 8.07. The third-order valence-electron chi connectivity index (χ3n) is 5.11. The van der Waals surface area contributed by atoms with Gasteiger partial charge in [0.05, 0.1) is 6.61 Å². The smallest absolute Gasteiger partial charge is 0.325 e. The first kappa shape index (κ1) is 17.4. The summed E-state index contributed by atoms with van der Waals surface area (Å²) in [5.74, 6) is -0.284.